The summed E-state index contributed by atoms with van der Waals surface area (Å²) in [5, 5.41) is 5.64. The minimum absolute atomic E-state index is 0.0528. The van der Waals surface area contributed by atoms with Crippen LogP contribution in [0, 0.1) is 18.6 Å². The number of halogens is 2. The number of benzene rings is 2. The van der Waals surface area contributed by atoms with Crippen LogP contribution in [0.25, 0.3) is 11.1 Å². The molecule has 0 radical (unpaired) electrons. The molecule has 0 atom stereocenters. The van der Waals surface area contributed by atoms with E-state index in [1.165, 1.54) is 13.2 Å². The standard InChI is InChI=1S/C19H15F2N5O3/c1-9-12(20)5-11(7-16(9)28-2)24-18-22-8-13(21)17(26-18)23-10-3-4-15-14(6-10)25-19(27)29-15/h3-8H,1-2H3,(H,25,27)(H2,22,23,24,26). The molecule has 2 aromatic heterocycles. The lowest BCUT2D eigenvalue weighted by molar-refractivity contribution is 0.407. The molecule has 4 aromatic rings. The number of nitrogens with zero attached hydrogens (tertiary/aromatic N) is 2. The molecule has 0 saturated carbocycles. The van der Waals surface area contributed by atoms with Crippen LogP contribution >= 0.6 is 0 Å². The third-order valence-corrected chi connectivity index (χ3v) is 4.20. The third-order valence-electron chi connectivity index (χ3n) is 4.20. The number of aromatic amines is 1. The summed E-state index contributed by atoms with van der Waals surface area (Å²) in [5.41, 5.74) is 2.02. The van der Waals surface area contributed by atoms with Crippen molar-refractivity contribution in [1.82, 2.24) is 15.0 Å². The van der Waals surface area contributed by atoms with Gasteiger partial charge in [0.15, 0.2) is 17.2 Å². The van der Waals surface area contributed by atoms with Crippen LogP contribution in [0.1, 0.15) is 5.56 Å². The Hall–Kier alpha value is -3.95. The van der Waals surface area contributed by atoms with Crippen molar-refractivity contribution in [2.75, 3.05) is 17.7 Å². The fourth-order valence-corrected chi connectivity index (χ4v) is 2.75. The lowest BCUT2D eigenvalue weighted by atomic mass is 10.2. The van der Waals surface area contributed by atoms with Crippen molar-refractivity contribution >= 4 is 34.2 Å². The lowest BCUT2D eigenvalue weighted by Crippen LogP contribution is -2.04. The first-order valence-corrected chi connectivity index (χ1v) is 8.46. The summed E-state index contributed by atoms with van der Waals surface area (Å²) in [6.07, 6.45) is 0.984. The van der Waals surface area contributed by atoms with Gasteiger partial charge in [0.25, 0.3) is 0 Å². The second kappa shape index (κ2) is 7.23. The van der Waals surface area contributed by atoms with E-state index in [-0.39, 0.29) is 11.8 Å². The van der Waals surface area contributed by atoms with E-state index in [4.69, 9.17) is 9.15 Å². The van der Waals surface area contributed by atoms with E-state index in [0.717, 1.165) is 6.20 Å². The molecule has 2 heterocycles. The quantitative estimate of drug-likeness (QED) is 0.466. The second-order valence-corrected chi connectivity index (χ2v) is 6.15. The first kappa shape index (κ1) is 18.4. The Balaban J connectivity index is 1.62. The summed E-state index contributed by atoms with van der Waals surface area (Å²) >= 11 is 0. The van der Waals surface area contributed by atoms with Crippen LogP contribution in [-0.2, 0) is 0 Å². The monoisotopic (exact) mass is 399 g/mol. The third kappa shape index (κ3) is 3.72. The fraction of sp³-hybridized carbons (Fsp3) is 0.105. The lowest BCUT2D eigenvalue weighted by Gasteiger charge is -2.12. The van der Waals surface area contributed by atoms with Gasteiger partial charge in [0.1, 0.15) is 11.6 Å². The SMILES string of the molecule is COc1cc(Nc2ncc(F)c(Nc3ccc4oc(=O)[nH]c4c3)n2)cc(F)c1C. The molecule has 4 rings (SSSR count). The van der Waals surface area contributed by atoms with Crippen molar-refractivity contribution in [1.29, 1.82) is 0 Å². The summed E-state index contributed by atoms with van der Waals surface area (Å²) in [5.74, 6) is -1.43. The number of hydrogen-bond acceptors (Lipinski definition) is 7. The molecule has 2 aromatic carbocycles. The zero-order valence-corrected chi connectivity index (χ0v) is 15.3. The van der Waals surface area contributed by atoms with Crippen molar-refractivity contribution in [2.24, 2.45) is 0 Å². The number of fused-ring (bicyclic) bond motifs is 1. The van der Waals surface area contributed by atoms with Gasteiger partial charge < -0.3 is 19.8 Å². The summed E-state index contributed by atoms with van der Waals surface area (Å²) in [4.78, 5) is 21.7. The van der Waals surface area contributed by atoms with Crippen LogP contribution in [-0.4, -0.2) is 22.1 Å². The van der Waals surface area contributed by atoms with Crippen LogP contribution in [0.5, 0.6) is 5.75 Å². The topological polar surface area (TPSA) is 105 Å². The molecule has 0 bridgehead atoms. The predicted molar refractivity (Wildman–Crippen MR) is 103 cm³/mol. The van der Waals surface area contributed by atoms with E-state index in [2.05, 4.69) is 25.6 Å². The van der Waals surface area contributed by atoms with Gasteiger partial charge >= 0.3 is 5.76 Å². The van der Waals surface area contributed by atoms with E-state index in [0.29, 0.717) is 33.8 Å². The zero-order chi connectivity index (χ0) is 20.5. The molecule has 10 heteroatoms. The Morgan fingerprint density at radius 3 is 2.72 bits per heavy atom. The van der Waals surface area contributed by atoms with Crippen LogP contribution in [0.4, 0.5) is 31.9 Å². The van der Waals surface area contributed by atoms with Crippen molar-refractivity contribution in [3.05, 3.63) is 64.3 Å². The molecule has 29 heavy (non-hydrogen) atoms. The Morgan fingerprint density at radius 1 is 1.10 bits per heavy atom. The number of nitrogens with one attached hydrogen (secondary N) is 3. The Labute approximate surface area is 162 Å². The molecule has 0 aliphatic heterocycles. The van der Waals surface area contributed by atoms with Gasteiger partial charge in [-0.05, 0) is 31.2 Å². The van der Waals surface area contributed by atoms with Gasteiger partial charge in [-0.1, -0.05) is 0 Å². The van der Waals surface area contributed by atoms with Crippen LogP contribution < -0.4 is 21.1 Å². The maximum atomic E-state index is 14.2. The molecule has 0 spiro atoms. The Bertz CT molecular complexity index is 1270. The largest absolute Gasteiger partial charge is 0.496 e. The second-order valence-electron chi connectivity index (χ2n) is 6.15. The Kier molecular flexibility index (Phi) is 4.59. The molecule has 0 saturated heterocycles. The zero-order valence-electron chi connectivity index (χ0n) is 15.3. The van der Waals surface area contributed by atoms with Crippen molar-refractivity contribution in [3.63, 3.8) is 0 Å². The van der Waals surface area contributed by atoms with Gasteiger partial charge in [-0.15, -0.1) is 0 Å². The van der Waals surface area contributed by atoms with Gasteiger partial charge in [-0.3, -0.25) is 4.98 Å². The molecule has 0 fully saturated rings. The molecular formula is C19H15F2N5O3. The average molecular weight is 399 g/mol. The number of methoxy groups -OCH3 is 1. The van der Waals surface area contributed by atoms with Crippen molar-refractivity contribution in [2.45, 2.75) is 6.92 Å². The smallest absolute Gasteiger partial charge is 0.417 e. The van der Waals surface area contributed by atoms with E-state index in [1.54, 1.807) is 31.2 Å². The van der Waals surface area contributed by atoms with Gasteiger partial charge in [0.05, 0.1) is 18.8 Å². The van der Waals surface area contributed by atoms with Gasteiger partial charge in [0.2, 0.25) is 5.95 Å². The number of H-pyrrole nitrogens is 1. The first-order valence-electron chi connectivity index (χ1n) is 8.46. The normalized spacial score (nSPS) is 10.9. The minimum atomic E-state index is -0.691. The summed E-state index contributed by atoms with van der Waals surface area (Å²) in [6.45, 7) is 1.60. The van der Waals surface area contributed by atoms with Crippen LogP contribution in [0.15, 0.2) is 45.7 Å². The number of oxazole rings is 1. The van der Waals surface area contributed by atoms with E-state index in [1.807, 2.05) is 0 Å². The average Bonchev–Trinajstić information content (AvgIpc) is 3.06. The first-order chi connectivity index (χ1) is 13.9. The molecule has 3 N–H and O–H groups in total. The number of anilines is 4. The molecule has 148 valence electrons. The number of ether oxygens (including phenoxy) is 1. The number of aromatic nitrogens is 3. The van der Waals surface area contributed by atoms with Crippen molar-refractivity contribution < 1.29 is 17.9 Å². The highest BCUT2D eigenvalue weighted by atomic mass is 19.1. The molecule has 0 unspecified atom stereocenters. The van der Waals surface area contributed by atoms with E-state index >= 15 is 0 Å². The van der Waals surface area contributed by atoms with E-state index in [9.17, 15) is 13.6 Å². The fourth-order valence-electron chi connectivity index (χ4n) is 2.75. The van der Waals surface area contributed by atoms with Crippen LogP contribution in [0.2, 0.25) is 0 Å². The van der Waals surface area contributed by atoms with Gasteiger partial charge in [0, 0.05) is 23.0 Å². The summed E-state index contributed by atoms with van der Waals surface area (Å²) in [7, 11) is 1.44. The minimum Gasteiger partial charge on any atom is -0.496 e. The molecule has 8 nitrogen and oxygen atoms in total. The maximum absolute atomic E-state index is 14.2. The van der Waals surface area contributed by atoms with Gasteiger partial charge in [-0.25, -0.2) is 18.6 Å². The molecule has 0 amide bonds. The molecule has 0 aliphatic rings. The number of hydrogen-bond donors (Lipinski definition) is 3. The molecular weight excluding hydrogens is 384 g/mol. The number of rotatable bonds is 5. The van der Waals surface area contributed by atoms with Crippen molar-refractivity contribution in [3.8, 4) is 5.75 Å². The molecule has 0 aliphatic carbocycles. The maximum Gasteiger partial charge on any atom is 0.417 e. The Morgan fingerprint density at radius 2 is 1.93 bits per heavy atom. The van der Waals surface area contributed by atoms with Gasteiger partial charge in [-0.2, -0.15) is 4.98 Å². The highest BCUT2D eigenvalue weighted by Crippen LogP contribution is 2.28. The highest BCUT2D eigenvalue weighted by molar-refractivity contribution is 5.78. The highest BCUT2D eigenvalue weighted by Gasteiger charge is 2.12. The van der Waals surface area contributed by atoms with Crippen LogP contribution in [0.3, 0.4) is 0 Å². The van der Waals surface area contributed by atoms with E-state index < -0.39 is 17.4 Å². The summed E-state index contributed by atoms with van der Waals surface area (Å²) in [6, 6.07) is 7.60. The predicted octanol–water partition coefficient (Wildman–Crippen LogP) is 3.99. The summed E-state index contributed by atoms with van der Waals surface area (Å²) < 4.78 is 38.3.